The second-order valence-electron chi connectivity index (χ2n) is 8.08. The van der Waals surface area contributed by atoms with Crippen molar-refractivity contribution in [3.8, 4) is 5.69 Å². The molecule has 1 atom stereocenters. The van der Waals surface area contributed by atoms with Crippen molar-refractivity contribution in [3.63, 3.8) is 0 Å². The molecule has 0 saturated carbocycles. The van der Waals surface area contributed by atoms with E-state index in [2.05, 4.69) is 5.10 Å². The summed E-state index contributed by atoms with van der Waals surface area (Å²) in [5.74, 6) is -2.27. The van der Waals surface area contributed by atoms with Crippen LogP contribution in [0.3, 0.4) is 0 Å². The highest BCUT2D eigenvalue weighted by Gasteiger charge is 2.27. The Morgan fingerprint density at radius 1 is 1.03 bits per heavy atom. The molecule has 0 aliphatic carbocycles. The van der Waals surface area contributed by atoms with Gasteiger partial charge in [0, 0.05) is 24.1 Å². The van der Waals surface area contributed by atoms with E-state index in [9.17, 15) is 14.4 Å². The molecule has 2 aromatic heterocycles. The van der Waals surface area contributed by atoms with Gasteiger partial charge in [0.05, 0.1) is 35.3 Å². The molecule has 1 aromatic carbocycles. The maximum Gasteiger partial charge on any atom is 0.380 e. The number of esters is 1. The first-order valence-corrected chi connectivity index (χ1v) is 10.7. The van der Waals surface area contributed by atoms with Crippen LogP contribution in [-0.4, -0.2) is 52.2 Å². The van der Waals surface area contributed by atoms with Crippen LogP contribution in [0.1, 0.15) is 56.5 Å². The molecule has 0 fully saturated rings. The molecule has 33 heavy (non-hydrogen) atoms. The molecule has 3 aromatic rings. The largest absolute Gasteiger partial charge is 0.451 e. The monoisotopic (exact) mass is 451 g/mol. The summed E-state index contributed by atoms with van der Waals surface area (Å²) in [6.45, 7) is 9.10. The van der Waals surface area contributed by atoms with Crippen LogP contribution in [0.25, 0.3) is 5.69 Å². The smallest absolute Gasteiger partial charge is 0.380 e. The summed E-state index contributed by atoms with van der Waals surface area (Å²) in [6.07, 6.45) is 0. The third kappa shape index (κ3) is 4.80. The number of methoxy groups -OCH3 is 1. The number of carbonyl (C=O) groups excluding carboxylic acids is 3. The number of aryl methyl sites for hydroxylation is 2. The Kier molecular flexibility index (Phi) is 7.28. The van der Waals surface area contributed by atoms with Gasteiger partial charge in [0.25, 0.3) is 5.78 Å². The zero-order valence-corrected chi connectivity index (χ0v) is 19.8. The standard InChI is InChI=1S/C25H29N3O5/c1-15-12-21(18(4)27(15)16(2)13-32-6)22(29)14-33-25(31)24(30)23-17(3)26-28(19(23)5)20-10-8-7-9-11-20/h7-12,16H,13-14H2,1-6H3. The van der Waals surface area contributed by atoms with Crippen LogP contribution < -0.4 is 0 Å². The van der Waals surface area contributed by atoms with Gasteiger partial charge in [-0.05, 0) is 52.8 Å². The predicted octanol–water partition coefficient (Wildman–Crippen LogP) is 3.72. The summed E-state index contributed by atoms with van der Waals surface area (Å²) >= 11 is 0. The fraction of sp³-hybridized carbons (Fsp3) is 0.360. The summed E-state index contributed by atoms with van der Waals surface area (Å²) < 4.78 is 13.9. The van der Waals surface area contributed by atoms with Crippen molar-refractivity contribution in [2.45, 2.75) is 40.7 Å². The maximum atomic E-state index is 12.8. The summed E-state index contributed by atoms with van der Waals surface area (Å²) in [4.78, 5) is 38.1. The molecule has 8 nitrogen and oxygen atoms in total. The number of benzene rings is 1. The Bertz CT molecular complexity index is 1190. The van der Waals surface area contributed by atoms with Crippen LogP contribution in [-0.2, 0) is 14.3 Å². The van der Waals surface area contributed by atoms with Gasteiger partial charge in [-0.3, -0.25) is 9.59 Å². The molecule has 1 unspecified atom stereocenters. The Morgan fingerprint density at radius 3 is 2.33 bits per heavy atom. The average Bonchev–Trinajstić information content (AvgIpc) is 3.26. The van der Waals surface area contributed by atoms with E-state index in [-0.39, 0.29) is 17.4 Å². The Balaban J connectivity index is 1.73. The highest BCUT2D eigenvalue weighted by Crippen LogP contribution is 2.22. The van der Waals surface area contributed by atoms with Crippen LogP contribution in [0.2, 0.25) is 0 Å². The van der Waals surface area contributed by atoms with Crippen LogP contribution in [0.4, 0.5) is 0 Å². The Labute approximate surface area is 193 Å². The van der Waals surface area contributed by atoms with Gasteiger partial charge in [-0.25, -0.2) is 9.48 Å². The zero-order valence-electron chi connectivity index (χ0n) is 19.8. The molecule has 174 valence electrons. The van der Waals surface area contributed by atoms with Gasteiger partial charge < -0.3 is 14.0 Å². The van der Waals surface area contributed by atoms with Crippen molar-refractivity contribution in [3.05, 3.63) is 70.3 Å². The SMILES string of the molecule is COCC(C)n1c(C)cc(C(=O)COC(=O)C(=O)c2c(C)nn(-c3ccccc3)c2C)c1C. The minimum Gasteiger partial charge on any atom is -0.451 e. The van der Waals surface area contributed by atoms with Crippen molar-refractivity contribution >= 4 is 17.5 Å². The topological polar surface area (TPSA) is 92.4 Å². The summed E-state index contributed by atoms with van der Waals surface area (Å²) in [5, 5.41) is 4.39. The van der Waals surface area contributed by atoms with Gasteiger partial charge >= 0.3 is 5.97 Å². The number of Topliss-reactive ketones (excluding diaryl/α,β-unsaturated/α-hetero) is 2. The number of rotatable bonds is 9. The summed E-state index contributed by atoms with van der Waals surface area (Å²) in [6, 6.07) is 11.1. The van der Waals surface area contributed by atoms with E-state index >= 15 is 0 Å². The molecule has 0 bridgehead atoms. The highest BCUT2D eigenvalue weighted by atomic mass is 16.5. The number of hydrogen-bond acceptors (Lipinski definition) is 6. The zero-order chi connectivity index (χ0) is 24.3. The number of carbonyl (C=O) groups is 3. The molecule has 0 spiro atoms. The first-order valence-electron chi connectivity index (χ1n) is 10.7. The molecule has 0 aliphatic heterocycles. The number of para-hydroxylation sites is 1. The lowest BCUT2D eigenvalue weighted by molar-refractivity contribution is -0.137. The Hall–Kier alpha value is -3.52. The fourth-order valence-electron chi connectivity index (χ4n) is 4.22. The van der Waals surface area contributed by atoms with Gasteiger partial charge in [-0.2, -0.15) is 5.10 Å². The Morgan fingerprint density at radius 2 is 1.70 bits per heavy atom. The van der Waals surface area contributed by atoms with E-state index in [1.54, 1.807) is 31.7 Å². The van der Waals surface area contributed by atoms with E-state index in [0.29, 0.717) is 23.6 Å². The molecule has 0 saturated heterocycles. The third-order valence-electron chi connectivity index (χ3n) is 5.67. The summed E-state index contributed by atoms with van der Waals surface area (Å²) in [7, 11) is 1.63. The molecular formula is C25H29N3O5. The average molecular weight is 452 g/mol. The minimum absolute atomic E-state index is 0.0489. The fourth-order valence-corrected chi connectivity index (χ4v) is 4.22. The number of ketones is 2. The molecule has 0 radical (unpaired) electrons. The normalized spacial score (nSPS) is 11.9. The van der Waals surface area contributed by atoms with Gasteiger partial charge in [0.1, 0.15) is 0 Å². The number of hydrogen-bond donors (Lipinski definition) is 0. The predicted molar refractivity (Wildman–Crippen MR) is 123 cm³/mol. The van der Waals surface area contributed by atoms with E-state index in [1.165, 1.54) is 0 Å². The number of nitrogens with zero attached hydrogens (tertiary/aromatic N) is 3. The van der Waals surface area contributed by atoms with E-state index in [0.717, 1.165) is 17.1 Å². The first kappa shape index (κ1) is 24.1. The van der Waals surface area contributed by atoms with Gasteiger partial charge in [-0.1, -0.05) is 18.2 Å². The van der Waals surface area contributed by atoms with Gasteiger partial charge in [0.15, 0.2) is 6.61 Å². The number of ether oxygens (including phenoxy) is 2. The molecule has 0 amide bonds. The second-order valence-corrected chi connectivity index (χ2v) is 8.08. The maximum absolute atomic E-state index is 12.8. The minimum atomic E-state index is -1.08. The second kappa shape index (κ2) is 9.95. The lowest BCUT2D eigenvalue weighted by Crippen LogP contribution is -2.23. The molecule has 8 heteroatoms. The van der Waals surface area contributed by atoms with Gasteiger partial charge in [-0.15, -0.1) is 0 Å². The highest BCUT2D eigenvalue weighted by molar-refractivity contribution is 6.41. The first-order chi connectivity index (χ1) is 15.7. The van der Waals surface area contributed by atoms with Crippen LogP contribution >= 0.6 is 0 Å². The molecule has 2 heterocycles. The van der Waals surface area contributed by atoms with Crippen molar-refractivity contribution in [2.75, 3.05) is 20.3 Å². The lowest BCUT2D eigenvalue weighted by atomic mass is 10.1. The van der Waals surface area contributed by atoms with Gasteiger partial charge in [0.2, 0.25) is 5.78 Å². The third-order valence-corrected chi connectivity index (χ3v) is 5.67. The lowest BCUT2D eigenvalue weighted by Gasteiger charge is -2.17. The van der Waals surface area contributed by atoms with Crippen molar-refractivity contribution < 1.29 is 23.9 Å². The molecule has 3 rings (SSSR count). The van der Waals surface area contributed by atoms with Crippen LogP contribution in [0, 0.1) is 27.7 Å². The summed E-state index contributed by atoms with van der Waals surface area (Å²) in [5.41, 5.74) is 4.03. The molecule has 0 N–H and O–H groups in total. The van der Waals surface area contributed by atoms with Crippen LogP contribution in [0.5, 0.6) is 0 Å². The van der Waals surface area contributed by atoms with Crippen LogP contribution in [0.15, 0.2) is 36.4 Å². The van der Waals surface area contributed by atoms with E-state index < -0.39 is 18.4 Å². The molecular weight excluding hydrogens is 422 g/mol. The van der Waals surface area contributed by atoms with E-state index in [4.69, 9.17) is 9.47 Å². The number of aromatic nitrogens is 3. The molecule has 0 aliphatic rings. The van der Waals surface area contributed by atoms with Crippen molar-refractivity contribution in [1.82, 2.24) is 14.3 Å². The van der Waals surface area contributed by atoms with Crippen molar-refractivity contribution in [1.29, 1.82) is 0 Å². The van der Waals surface area contributed by atoms with E-state index in [1.807, 2.05) is 55.7 Å². The quantitative estimate of drug-likeness (QED) is 0.280. The van der Waals surface area contributed by atoms with Crippen molar-refractivity contribution in [2.24, 2.45) is 0 Å².